The van der Waals surface area contributed by atoms with Crippen LogP contribution in [0.1, 0.15) is 31.7 Å². The van der Waals surface area contributed by atoms with E-state index in [9.17, 15) is 22.7 Å². The first-order chi connectivity index (χ1) is 8.59. The Labute approximate surface area is 114 Å². The van der Waals surface area contributed by atoms with E-state index in [0.717, 1.165) is 0 Å². The van der Waals surface area contributed by atoms with Gasteiger partial charge in [0.2, 0.25) is 0 Å². The van der Waals surface area contributed by atoms with Gasteiger partial charge in [0.15, 0.2) is 0 Å². The summed E-state index contributed by atoms with van der Waals surface area (Å²) in [4.78, 5) is 0. The molecule has 1 rings (SSSR count). The van der Waals surface area contributed by atoms with Crippen molar-refractivity contribution in [2.75, 3.05) is 0 Å². The molecule has 1 aromatic rings. The van der Waals surface area contributed by atoms with E-state index in [-0.39, 0.29) is 24.3 Å². The Kier molecular flexibility index (Phi) is 5.21. The molecular formula is C13H15ClF4O. The van der Waals surface area contributed by atoms with Crippen molar-refractivity contribution in [3.05, 3.63) is 34.6 Å². The number of hydrogen-bond donors (Lipinski definition) is 1. The predicted molar refractivity (Wildman–Crippen MR) is 65.6 cm³/mol. The van der Waals surface area contributed by atoms with Gasteiger partial charge in [0.05, 0.1) is 10.6 Å². The minimum atomic E-state index is -4.21. The summed E-state index contributed by atoms with van der Waals surface area (Å²) in [6.45, 7) is 1.46. The van der Waals surface area contributed by atoms with Gasteiger partial charge in [-0.3, -0.25) is 0 Å². The van der Waals surface area contributed by atoms with Crippen LogP contribution in [0.2, 0.25) is 5.02 Å². The Bertz CT molecular complexity index is 429. The summed E-state index contributed by atoms with van der Waals surface area (Å²) in [5.74, 6) is -0.567. The second-order valence-corrected chi connectivity index (χ2v) is 5.30. The molecule has 0 saturated heterocycles. The first-order valence-corrected chi connectivity index (χ1v) is 6.20. The van der Waals surface area contributed by atoms with Gasteiger partial charge in [0, 0.05) is 12.8 Å². The third-order valence-electron chi connectivity index (χ3n) is 2.74. The topological polar surface area (TPSA) is 20.2 Å². The van der Waals surface area contributed by atoms with Crippen LogP contribution in [0.4, 0.5) is 17.6 Å². The van der Waals surface area contributed by atoms with Crippen LogP contribution in [-0.2, 0) is 6.42 Å². The largest absolute Gasteiger partial charge is 0.390 e. The van der Waals surface area contributed by atoms with Gasteiger partial charge in [-0.1, -0.05) is 17.7 Å². The molecule has 0 spiro atoms. The van der Waals surface area contributed by atoms with E-state index < -0.39 is 24.0 Å². The maximum Gasteiger partial charge on any atom is 0.389 e. The summed E-state index contributed by atoms with van der Waals surface area (Å²) in [5.41, 5.74) is -0.685. The summed E-state index contributed by atoms with van der Waals surface area (Å²) in [6.07, 6.45) is -5.14. The van der Waals surface area contributed by atoms with Crippen molar-refractivity contribution < 1.29 is 22.7 Å². The fraction of sp³-hybridized carbons (Fsp3) is 0.538. The third kappa shape index (κ3) is 6.25. The molecule has 1 unspecified atom stereocenters. The minimum Gasteiger partial charge on any atom is -0.390 e. The molecule has 1 atom stereocenters. The third-order valence-corrected chi connectivity index (χ3v) is 3.03. The second kappa shape index (κ2) is 6.09. The number of hydrogen-bond acceptors (Lipinski definition) is 1. The van der Waals surface area contributed by atoms with Crippen LogP contribution in [0.5, 0.6) is 0 Å². The minimum absolute atomic E-state index is 0.0154. The average Bonchev–Trinajstić information content (AvgIpc) is 2.20. The van der Waals surface area contributed by atoms with Crippen molar-refractivity contribution in [2.45, 2.75) is 44.4 Å². The van der Waals surface area contributed by atoms with Gasteiger partial charge >= 0.3 is 6.18 Å². The van der Waals surface area contributed by atoms with Crippen LogP contribution >= 0.6 is 11.6 Å². The Balaban J connectivity index is 2.56. The lowest BCUT2D eigenvalue weighted by molar-refractivity contribution is -0.137. The van der Waals surface area contributed by atoms with Crippen molar-refractivity contribution >= 4 is 11.6 Å². The molecule has 0 aliphatic heterocycles. The Morgan fingerprint density at radius 2 is 1.84 bits per heavy atom. The molecule has 1 aromatic carbocycles. The van der Waals surface area contributed by atoms with Crippen LogP contribution in [0, 0.1) is 5.82 Å². The molecule has 0 aliphatic rings. The summed E-state index contributed by atoms with van der Waals surface area (Å²) in [7, 11) is 0. The molecule has 0 bridgehead atoms. The first-order valence-electron chi connectivity index (χ1n) is 5.82. The van der Waals surface area contributed by atoms with Crippen LogP contribution in [-0.4, -0.2) is 16.9 Å². The molecule has 0 aromatic heterocycles. The lowest BCUT2D eigenvalue weighted by atomic mass is 9.91. The number of halogens is 5. The van der Waals surface area contributed by atoms with E-state index >= 15 is 0 Å². The maximum atomic E-state index is 12.9. The van der Waals surface area contributed by atoms with E-state index in [4.69, 9.17) is 11.6 Å². The molecule has 1 nitrogen and oxygen atoms in total. The van der Waals surface area contributed by atoms with Gasteiger partial charge in [-0.15, -0.1) is 0 Å². The number of benzene rings is 1. The molecule has 0 saturated carbocycles. The van der Waals surface area contributed by atoms with Crippen molar-refractivity contribution in [3.8, 4) is 0 Å². The molecule has 0 fully saturated rings. The fourth-order valence-electron chi connectivity index (χ4n) is 1.85. The molecule has 1 N–H and O–H groups in total. The zero-order valence-corrected chi connectivity index (χ0v) is 11.2. The Morgan fingerprint density at radius 3 is 2.37 bits per heavy atom. The highest BCUT2D eigenvalue weighted by Gasteiger charge is 2.29. The van der Waals surface area contributed by atoms with Crippen LogP contribution in [0.25, 0.3) is 0 Å². The summed E-state index contributed by atoms with van der Waals surface area (Å²) in [6, 6.07) is 4.00. The standard InChI is InChI=1S/C13H15ClF4O/c1-12(19,5-2-6-13(16,17)18)8-9-3-4-11(15)10(14)7-9/h3-4,7,19H,2,5-6,8H2,1H3. The molecule has 6 heteroatoms. The normalized spacial score (nSPS) is 15.3. The average molecular weight is 299 g/mol. The lowest BCUT2D eigenvalue weighted by Gasteiger charge is -2.23. The highest BCUT2D eigenvalue weighted by molar-refractivity contribution is 6.30. The SMILES string of the molecule is CC(O)(CCCC(F)(F)F)Cc1ccc(F)c(Cl)c1. The van der Waals surface area contributed by atoms with E-state index in [0.29, 0.717) is 5.56 Å². The van der Waals surface area contributed by atoms with E-state index in [1.165, 1.54) is 25.1 Å². The van der Waals surface area contributed by atoms with Crippen LogP contribution in [0.3, 0.4) is 0 Å². The van der Waals surface area contributed by atoms with Gasteiger partial charge in [-0.05, 0) is 37.5 Å². The molecule has 0 heterocycles. The number of aliphatic hydroxyl groups is 1. The van der Waals surface area contributed by atoms with E-state index in [1.54, 1.807) is 0 Å². The molecular weight excluding hydrogens is 284 g/mol. The van der Waals surface area contributed by atoms with Crippen molar-refractivity contribution in [1.82, 2.24) is 0 Å². The quantitative estimate of drug-likeness (QED) is 0.793. The number of rotatable bonds is 5. The van der Waals surface area contributed by atoms with Gasteiger partial charge in [-0.2, -0.15) is 13.2 Å². The molecule has 0 radical (unpaired) electrons. The van der Waals surface area contributed by atoms with Crippen molar-refractivity contribution in [2.24, 2.45) is 0 Å². The first kappa shape index (κ1) is 16.2. The van der Waals surface area contributed by atoms with Crippen molar-refractivity contribution in [1.29, 1.82) is 0 Å². The number of alkyl halides is 3. The summed E-state index contributed by atoms with van der Waals surface area (Å²) < 4.78 is 49.0. The van der Waals surface area contributed by atoms with Crippen LogP contribution in [0.15, 0.2) is 18.2 Å². The Hall–Kier alpha value is -0.810. The van der Waals surface area contributed by atoms with Gasteiger partial charge in [-0.25, -0.2) is 4.39 Å². The fourth-order valence-corrected chi connectivity index (χ4v) is 2.05. The monoisotopic (exact) mass is 298 g/mol. The lowest BCUT2D eigenvalue weighted by Crippen LogP contribution is -2.27. The van der Waals surface area contributed by atoms with Gasteiger partial charge < -0.3 is 5.11 Å². The van der Waals surface area contributed by atoms with E-state index in [2.05, 4.69) is 0 Å². The molecule has 19 heavy (non-hydrogen) atoms. The zero-order valence-electron chi connectivity index (χ0n) is 10.4. The molecule has 0 amide bonds. The second-order valence-electron chi connectivity index (χ2n) is 4.89. The Morgan fingerprint density at radius 1 is 1.21 bits per heavy atom. The van der Waals surface area contributed by atoms with Gasteiger partial charge in [0.25, 0.3) is 0 Å². The summed E-state index contributed by atoms with van der Waals surface area (Å²) in [5, 5.41) is 9.95. The van der Waals surface area contributed by atoms with E-state index in [1.807, 2.05) is 0 Å². The summed E-state index contributed by atoms with van der Waals surface area (Å²) >= 11 is 5.60. The highest BCUT2D eigenvalue weighted by atomic mass is 35.5. The maximum absolute atomic E-state index is 12.9. The van der Waals surface area contributed by atoms with Crippen molar-refractivity contribution in [3.63, 3.8) is 0 Å². The zero-order chi connectivity index (χ0) is 14.7. The van der Waals surface area contributed by atoms with Crippen LogP contribution < -0.4 is 0 Å². The smallest absolute Gasteiger partial charge is 0.389 e. The molecule has 108 valence electrons. The molecule has 0 aliphatic carbocycles. The van der Waals surface area contributed by atoms with Gasteiger partial charge in [0.1, 0.15) is 5.82 Å². The highest BCUT2D eigenvalue weighted by Crippen LogP contribution is 2.27. The predicted octanol–water partition coefficient (Wildman–Crippen LogP) is 4.51.